The Kier molecular flexibility index (Phi) is 3.33. The molecule has 2 heterocycles. The Labute approximate surface area is 93.0 Å². The molecule has 0 bridgehead atoms. The summed E-state index contributed by atoms with van der Waals surface area (Å²) in [6.45, 7) is 1.71. The maximum atomic E-state index is 12.7. The topological polar surface area (TPSA) is 25.4 Å². The summed E-state index contributed by atoms with van der Waals surface area (Å²) in [5.74, 6) is 0.206. The first-order chi connectivity index (χ1) is 7.66. The van der Waals surface area contributed by atoms with Crippen molar-refractivity contribution in [3.63, 3.8) is 0 Å². The molecule has 1 atom stereocenters. The van der Waals surface area contributed by atoms with Crippen molar-refractivity contribution in [1.82, 2.24) is 9.88 Å². The fourth-order valence-corrected chi connectivity index (χ4v) is 1.84. The molecule has 1 aliphatic heterocycles. The Bertz CT molecular complexity index is 360. The minimum Gasteiger partial charge on any atom is -0.487 e. The summed E-state index contributed by atoms with van der Waals surface area (Å²) in [7, 11) is 1.99. The van der Waals surface area contributed by atoms with Crippen molar-refractivity contribution in [2.24, 2.45) is 0 Å². The van der Waals surface area contributed by atoms with E-state index in [1.165, 1.54) is 18.5 Å². The highest BCUT2D eigenvalue weighted by atomic mass is 19.3. The molecule has 1 aromatic rings. The smallest absolute Gasteiger partial charge is 0.267 e. The van der Waals surface area contributed by atoms with E-state index in [9.17, 15) is 8.78 Å². The van der Waals surface area contributed by atoms with Crippen molar-refractivity contribution in [1.29, 1.82) is 0 Å². The first kappa shape index (κ1) is 11.3. The quantitative estimate of drug-likeness (QED) is 0.792. The van der Waals surface area contributed by atoms with E-state index in [-0.39, 0.29) is 17.4 Å². The van der Waals surface area contributed by atoms with E-state index in [1.54, 1.807) is 0 Å². The third kappa shape index (κ3) is 2.47. The van der Waals surface area contributed by atoms with Gasteiger partial charge in [-0.3, -0.25) is 4.98 Å². The van der Waals surface area contributed by atoms with Crippen LogP contribution >= 0.6 is 0 Å². The van der Waals surface area contributed by atoms with Crippen LogP contribution in [0.2, 0.25) is 0 Å². The number of ether oxygens (including phenoxy) is 1. The van der Waals surface area contributed by atoms with Crippen LogP contribution in [0, 0.1) is 0 Å². The summed E-state index contributed by atoms with van der Waals surface area (Å²) in [4.78, 5) is 5.93. The van der Waals surface area contributed by atoms with Gasteiger partial charge >= 0.3 is 0 Å². The van der Waals surface area contributed by atoms with Crippen LogP contribution in [0.15, 0.2) is 18.5 Å². The number of halogens is 2. The van der Waals surface area contributed by atoms with Gasteiger partial charge in [-0.2, -0.15) is 0 Å². The van der Waals surface area contributed by atoms with Crippen LogP contribution in [0.5, 0.6) is 5.75 Å². The fraction of sp³-hybridized carbons (Fsp3) is 0.545. The second-order valence-corrected chi connectivity index (χ2v) is 4.00. The molecule has 0 saturated carbocycles. The number of nitrogens with zero attached hydrogens (tertiary/aromatic N) is 2. The molecule has 0 aliphatic carbocycles. The van der Waals surface area contributed by atoms with Crippen LogP contribution < -0.4 is 4.74 Å². The van der Waals surface area contributed by atoms with Gasteiger partial charge in [-0.15, -0.1) is 0 Å². The van der Waals surface area contributed by atoms with Crippen molar-refractivity contribution in [2.75, 3.05) is 20.1 Å². The monoisotopic (exact) mass is 228 g/mol. The first-order valence-corrected chi connectivity index (χ1v) is 5.24. The minimum absolute atomic E-state index is 0.00769. The van der Waals surface area contributed by atoms with Gasteiger partial charge in [-0.1, -0.05) is 0 Å². The van der Waals surface area contributed by atoms with Gasteiger partial charge in [0.1, 0.15) is 11.9 Å². The summed E-state index contributed by atoms with van der Waals surface area (Å²) >= 11 is 0. The van der Waals surface area contributed by atoms with E-state index < -0.39 is 6.43 Å². The van der Waals surface area contributed by atoms with Crippen molar-refractivity contribution in [2.45, 2.75) is 19.0 Å². The molecule has 1 aliphatic rings. The lowest BCUT2D eigenvalue weighted by Gasteiger charge is -2.15. The van der Waals surface area contributed by atoms with Gasteiger partial charge < -0.3 is 9.64 Å². The molecule has 0 radical (unpaired) electrons. The number of likely N-dealkylation sites (tertiary alicyclic amines) is 1. The van der Waals surface area contributed by atoms with Crippen LogP contribution in [-0.4, -0.2) is 36.1 Å². The minimum atomic E-state index is -2.52. The molecule has 0 amide bonds. The van der Waals surface area contributed by atoms with E-state index in [0.717, 1.165) is 19.5 Å². The second kappa shape index (κ2) is 4.74. The van der Waals surface area contributed by atoms with Crippen LogP contribution in [0.25, 0.3) is 0 Å². The predicted molar refractivity (Wildman–Crippen MR) is 55.7 cm³/mol. The molecule has 1 fully saturated rings. The third-order valence-electron chi connectivity index (χ3n) is 2.69. The number of rotatable bonds is 3. The van der Waals surface area contributed by atoms with Crippen molar-refractivity contribution >= 4 is 0 Å². The summed E-state index contributed by atoms with van der Waals surface area (Å²) in [5, 5.41) is 0. The molecule has 16 heavy (non-hydrogen) atoms. The molecule has 5 heteroatoms. The predicted octanol–water partition coefficient (Wildman–Crippen LogP) is 2.10. The summed E-state index contributed by atoms with van der Waals surface area (Å²) < 4.78 is 30.9. The molecular weight excluding hydrogens is 214 g/mol. The standard InChI is InChI=1S/C11H14F2N2O/c1-15-5-3-8(7-15)16-10-6-14-4-2-9(10)11(12)13/h2,4,6,8,11H,3,5,7H2,1H3. The maximum Gasteiger partial charge on any atom is 0.267 e. The Morgan fingerprint density at radius 3 is 3.00 bits per heavy atom. The normalized spacial score (nSPS) is 21.6. The average molecular weight is 228 g/mol. The largest absolute Gasteiger partial charge is 0.487 e. The Morgan fingerprint density at radius 1 is 1.56 bits per heavy atom. The maximum absolute atomic E-state index is 12.7. The van der Waals surface area contributed by atoms with Gasteiger partial charge in [-0.25, -0.2) is 8.78 Å². The number of alkyl halides is 2. The van der Waals surface area contributed by atoms with Gasteiger partial charge in [-0.05, 0) is 19.5 Å². The fourth-order valence-electron chi connectivity index (χ4n) is 1.84. The molecule has 0 N–H and O–H groups in total. The zero-order valence-electron chi connectivity index (χ0n) is 9.07. The lowest BCUT2D eigenvalue weighted by molar-refractivity contribution is 0.137. The number of pyridine rings is 1. The SMILES string of the molecule is CN1CCC(Oc2cnccc2C(F)F)C1. The number of aromatic nitrogens is 1. The summed E-state index contributed by atoms with van der Waals surface area (Å²) in [6.07, 6.45) is 1.06. The molecule has 0 aromatic carbocycles. The van der Waals surface area contributed by atoms with E-state index in [2.05, 4.69) is 9.88 Å². The highest BCUT2D eigenvalue weighted by Gasteiger charge is 2.23. The summed E-state index contributed by atoms with van der Waals surface area (Å²) in [6, 6.07) is 1.30. The van der Waals surface area contributed by atoms with Crippen LogP contribution in [-0.2, 0) is 0 Å². The highest BCUT2D eigenvalue weighted by Crippen LogP contribution is 2.29. The molecule has 1 unspecified atom stereocenters. The third-order valence-corrected chi connectivity index (χ3v) is 2.69. The number of hydrogen-bond acceptors (Lipinski definition) is 3. The molecule has 1 saturated heterocycles. The Balaban J connectivity index is 2.09. The summed E-state index contributed by atoms with van der Waals surface area (Å²) in [5.41, 5.74) is -0.0791. The molecule has 3 nitrogen and oxygen atoms in total. The molecule has 88 valence electrons. The highest BCUT2D eigenvalue weighted by molar-refractivity contribution is 5.31. The second-order valence-electron chi connectivity index (χ2n) is 4.00. The van der Waals surface area contributed by atoms with Gasteiger partial charge in [0.15, 0.2) is 0 Å². The lowest BCUT2D eigenvalue weighted by atomic mass is 10.2. The van der Waals surface area contributed by atoms with Gasteiger partial charge in [0.2, 0.25) is 0 Å². The van der Waals surface area contributed by atoms with Gasteiger partial charge in [0.05, 0.1) is 11.8 Å². The van der Waals surface area contributed by atoms with E-state index in [0.29, 0.717) is 0 Å². The van der Waals surface area contributed by atoms with E-state index >= 15 is 0 Å². The zero-order chi connectivity index (χ0) is 11.5. The Hall–Kier alpha value is -1.23. The van der Waals surface area contributed by atoms with Gasteiger partial charge in [0, 0.05) is 19.3 Å². The first-order valence-electron chi connectivity index (χ1n) is 5.24. The van der Waals surface area contributed by atoms with Crippen molar-refractivity contribution in [3.8, 4) is 5.75 Å². The zero-order valence-corrected chi connectivity index (χ0v) is 9.07. The number of hydrogen-bond donors (Lipinski definition) is 0. The van der Waals surface area contributed by atoms with Gasteiger partial charge in [0.25, 0.3) is 6.43 Å². The van der Waals surface area contributed by atoms with Crippen molar-refractivity contribution in [3.05, 3.63) is 24.0 Å². The molecular formula is C11H14F2N2O. The van der Waals surface area contributed by atoms with Crippen LogP contribution in [0.1, 0.15) is 18.4 Å². The van der Waals surface area contributed by atoms with E-state index in [4.69, 9.17) is 4.74 Å². The van der Waals surface area contributed by atoms with Crippen LogP contribution in [0.3, 0.4) is 0 Å². The molecule has 1 aromatic heterocycles. The van der Waals surface area contributed by atoms with Crippen LogP contribution in [0.4, 0.5) is 8.78 Å². The molecule has 2 rings (SSSR count). The lowest BCUT2D eigenvalue weighted by Crippen LogP contribution is -2.22. The molecule has 0 spiro atoms. The average Bonchev–Trinajstić information content (AvgIpc) is 2.64. The Morgan fingerprint density at radius 2 is 2.38 bits per heavy atom. The number of likely N-dealkylation sites (N-methyl/N-ethyl adjacent to an activating group) is 1. The van der Waals surface area contributed by atoms with E-state index in [1.807, 2.05) is 7.05 Å². The van der Waals surface area contributed by atoms with Crippen molar-refractivity contribution < 1.29 is 13.5 Å².